The van der Waals surface area contributed by atoms with Crippen molar-refractivity contribution in [2.45, 2.75) is 39.3 Å². The molecule has 3 aliphatic carbocycles. The first-order chi connectivity index (χ1) is 11.9. The van der Waals surface area contributed by atoms with Gasteiger partial charge in [-0.3, -0.25) is 9.69 Å². The Morgan fingerprint density at radius 2 is 1.96 bits per heavy atom. The van der Waals surface area contributed by atoms with Crippen molar-refractivity contribution in [2.75, 3.05) is 7.11 Å². The SMILES string of the molecule is COc1ccc(CN2C(=O)NC(C3=CC[C@H]4C[C@H]3C4(C)C)C2=O)cc1. The zero-order chi connectivity index (χ0) is 17.8. The summed E-state index contributed by atoms with van der Waals surface area (Å²) in [5, 5.41) is 2.90. The topological polar surface area (TPSA) is 58.6 Å². The minimum atomic E-state index is -0.490. The van der Waals surface area contributed by atoms with Gasteiger partial charge in [-0.25, -0.2) is 4.79 Å². The number of ether oxygens (including phenoxy) is 1. The molecule has 1 aromatic rings. The third kappa shape index (κ3) is 2.44. The molecule has 5 rings (SSSR count). The second kappa shape index (κ2) is 5.61. The van der Waals surface area contributed by atoms with E-state index in [0.717, 1.165) is 29.7 Å². The highest BCUT2D eigenvalue weighted by Gasteiger charge is 2.55. The van der Waals surface area contributed by atoms with Crippen molar-refractivity contribution in [1.29, 1.82) is 0 Å². The van der Waals surface area contributed by atoms with E-state index in [0.29, 0.717) is 11.8 Å². The van der Waals surface area contributed by atoms with Gasteiger partial charge in [-0.05, 0) is 53.4 Å². The molecule has 1 saturated carbocycles. The number of carbonyl (C=O) groups excluding carboxylic acids is 2. The molecule has 5 nitrogen and oxygen atoms in total. The predicted molar refractivity (Wildman–Crippen MR) is 93.9 cm³/mol. The Morgan fingerprint density at radius 3 is 2.56 bits per heavy atom. The second-order valence-corrected chi connectivity index (χ2v) is 7.90. The number of fused-ring (bicyclic) bond motifs is 1. The Balaban J connectivity index is 1.51. The number of urea groups is 1. The molecule has 4 aliphatic rings. The van der Waals surface area contributed by atoms with Crippen molar-refractivity contribution in [3.05, 3.63) is 41.5 Å². The molecular weight excluding hydrogens is 316 g/mol. The van der Waals surface area contributed by atoms with E-state index in [1.807, 2.05) is 24.3 Å². The number of nitrogens with one attached hydrogen (secondary N) is 1. The van der Waals surface area contributed by atoms with Gasteiger partial charge in [-0.1, -0.05) is 32.1 Å². The Hall–Kier alpha value is -2.30. The maximum atomic E-state index is 12.9. The summed E-state index contributed by atoms with van der Waals surface area (Å²) in [5.41, 5.74) is 2.26. The molecule has 25 heavy (non-hydrogen) atoms. The summed E-state index contributed by atoms with van der Waals surface area (Å²) in [7, 11) is 1.61. The Morgan fingerprint density at radius 1 is 1.24 bits per heavy atom. The molecule has 0 spiro atoms. The first-order valence-electron chi connectivity index (χ1n) is 8.86. The molecule has 1 saturated heterocycles. The van der Waals surface area contributed by atoms with Crippen LogP contribution in [0, 0.1) is 17.3 Å². The maximum absolute atomic E-state index is 12.9. The van der Waals surface area contributed by atoms with Crippen LogP contribution in [0.3, 0.4) is 0 Å². The van der Waals surface area contributed by atoms with Gasteiger partial charge in [0.2, 0.25) is 0 Å². The lowest BCUT2D eigenvalue weighted by molar-refractivity contribution is -0.127. The van der Waals surface area contributed by atoms with Crippen LogP contribution >= 0.6 is 0 Å². The Labute approximate surface area is 148 Å². The lowest BCUT2D eigenvalue weighted by atomic mass is 9.48. The fraction of sp³-hybridized carbons (Fsp3) is 0.500. The number of amides is 3. The van der Waals surface area contributed by atoms with Gasteiger partial charge in [0.05, 0.1) is 13.7 Å². The van der Waals surface area contributed by atoms with Gasteiger partial charge in [0, 0.05) is 0 Å². The number of methoxy groups -OCH3 is 1. The third-order valence-electron chi connectivity index (χ3n) is 6.37. The van der Waals surface area contributed by atoms with Gasteiger partial charge in [-0.2, -0.15) is 0 Å². The highest BCUT2D eigenvalue weighted by Crippen LogP contribution is 2.60. The summed E-state index contributed by atoms with van der Waals surface area (Å²) in [6.07, 6.45) is 4.33. The molecule has 1 heterocycles. The first-order valence-corrected chi connectivity index (χ1v) is 8.86. The van der Waals surface area contributed by atoms with Crippen molar-refractivity contribution in [3.63, 3.8) is 0 Å². The normalized spacial score (nSPS) is 29.8. The molecule has 3 atom stereocenters. The van der Waals surface area contributed by atoms with Crippen LogP contribution < -0.4 is 10.1 Å². The summed E-state index contributed by atoms with van der Waals surface area (Å²) in [6, 6.07) is 6.65. The monoisotopic (exact) mass is 340 g/mol. The molecular formula is C20H24N2O3. The average molecular weight is 340 g/mol. The number of nitrogens with zero attached hydrogens (tertiary/aromatic N) is 1. The molecule has 0 aromatic heterocycles. The fourth-order valence-electron chi connectivity index (χ4n) is 4.53. The Bertz CT molecular complexity index is 751. The second-order valence-electron chi connectivity index (χ2n) is 7.90. The van der Waals surface area contributed by atoms with Crippen molar-refractivity contribution < 1.29 is 14.3 Å². The number of imide groups is 1. The number of allylic oxidation sites excluding steroid dienone is 1. The highest BCUT2D eigenvalue weighted by atomic mass is 16.5. The summed E-state index contributed by atoms with van der Waals surface area (Å²) in [4.78, 5) is 26.6. The molecule has 132 valence electrons. The van der Waals surface area contributed by atoms with Crippen LogP contribution in [-0.2, 0) is 11.3 Å². The Kier molecular flexibility index (Phi) is 3.63. The van der Waals surface area contributed by atoms with Crippen LogP contribution in [0.4, 0.5) is 4.79 Å². The van der Waals surface area contributed by atoms with Crippen molar-refractivity contribution in [2.24, 2.45) is 17.3 Å². The zero-order valence-electron chi connectivity index (χ0n) is 14.9. The van der Waals surface area contributed by atoms with Crippen molar-refractivity contribution in [1.82, 2.24) is 10.2 Å². The summed E-state index contributed by atoms with van der Waals surface area (Å²) >= 11 is 0. The minimum Gasteiger partial charge on any atom is -0.497 e. The highest BCUT2D eigenvalue weighted by molar-refractivity contribution is 6.06. The van der Waals surface area contributed by atoms with Crippen LogP contribution in [0.5, 0.6) is 5.75 Å². The van der Waals surface area contributed by atoms with Gasteiger partial charge >= 0.3 is 6.03 Å². The van der Waals surface area contributed by atoms with Gasteiger partial charge in [-0.15, -0.1) is 0 Å². The minimum absolute atomic E-state index is 0.131. The smallest absolute Gasteiger partial charge is 0.325 e. The standard InChI is InChI=1S/C20H24N2O3/c1-20(2)13-6-9-15(16(20)10-13)17-18(23)22(19(24)21-17)11-12-4-7-14(25-3)8-5-12/h4-5,7-9,13,16-17H,6,10-11H2,1-3H3,(H,21,24)/t13-,16+,17?/m0/s1. The van der Waals surface area contributed by atoms with E-state index >= 15 is 0 Å². The lowest BCUT2D eigenvalue weighted by Crippen LogP contribution is -2.52. The van der Waals surface area contributed by atoms with Crippen LogP contribution in [0.15, 0.2) is 35.9 Å². The molecule has 0 radical (unpaired) electrons. The molecule has 5 heteroatoms. The fourth-order valence-corrected chi connectivity index (χ4v) is 4.53. The van der Waals surface area contributed by atoms with Crippen LogP contribution in [0.25, 0.3) is 0 Å². The molecule has 1 N–H and O–H groups in total. The maximum Gasteiger partial charge on any atom is 0.325 e. The quantitative estimate of drug-likeness (QED) is 0.677. The number of benzene rings is 1. The van der Waals surface area contributed by atoms with Crippen molar-refractivity contribution in [3.8, 4) is 5.75 Å². The van der Waals surface area contributed by atoms with Crippen LogP contribution in [0.1, 0.15) is 32.3 Å². The molecule has 1 aliphatic heterocycles. The molecule has 1 unspecified atom stereocenters. The third-order valence-corrected chi connectivity index (χ3v) is 6.37. The number of rotatable bonds is 4. The first kappa shape index (κ1) is 16.2. The van der Waals surface area contributed by atoms with Gasteiger partial charge in [0.25, 0.3) is 5.91 Å². The van der Waals surface area contributed by atoms with E-state index in [1.165, 1.54) is 4.90 Å². The van der Waals surface area contributed by atoms with Gasteiger partial charge < -0.3 is 10.1 Å². The van der Waals surface area contributed by atoms with Crippen LogP contribution in [0.2, 0.25) is 0 Å². The zero-order valence-corrected chi connectivity index (χ0v) is 14.9. The van der Waals surface area contributed by atoms with Crippen molar-refractivity contribution >= 4 is 11.9 Å². The number of hydrogen-bond acceptors (Lipinski definition) is 3. The van der Waals surface area contributed by atoms with Crippen LogP contribution in [-0.4, -0.2) is 30.0 Å². The van der Waals surface area contributed by atoms with E-state index in [4.69, 9.17) is 4.74 Å². The molecule has 3 amide bonds. The summed E-state index contributed by atoms with van der Waals surface area (Å²) in [5.74, 6) is 1.74. The lowest BCUT2D eigenvalue weighted by Gasteiger charge is -2.57. The molecule has 1 aromatic carbocycles. The largest absolute Gasteiger partial charge is 0.497 e. The number of carbonyl (C=O) groups is 2. The average Bonchev–Trinajstić information content (AvgIpc) is 2.90. The van der Waals surface area contributed by atoms with Gasteiger partial charge in [0.1, 0.15) is 11.8 Å². The molecule has 2 fully saturated rings. The summed E-state index contributed by atoms with van der Waals surface area (Å²) < 4.78 is 5.15. The molecule has 2 bridgehead atoms. The predicted octanol–water partition coefficient (Wildman–Crippen LogP) is 3.11. The van der Waals surface area contributed by atoms with E-state index in [9.17, 15) is 9.59 Å². The van der Waals surface area contributed by atoms with Gasteiger partial charge in [0.15, 0.2) is 0 Å². The van der Waals surface area contributed by atoms with E-state index in [2.05, 4.69) is 25.2 Å². The van der Waals surface area contributed by atoms with E-state index in [1.54, 1.807) is 7.11 Å². The van der Waals surface area contributed by atoms with E-state index in [-0.39, 0.29) is 23.9 Å². The number of hydrogen-bond donors (Lipinski definition) is 1. The van der Waals surface area contributed by atoms with E-state index < -0.39 is 6.04 Å². The summed E-state index contributed by atoms with van der Waals surface area (Å²) in [6.45, 7) is 4.83.